The van der Waals surface area contributed by atoms with Crippen LogP contribution in [0.25, 0.3) is 0 Å². The molecule has 0 bridgehead atoms. The molecular weight excluding hydrogens is 248 g/mol. The van der Waals surface area contributed by atoms with Crippen LogP contribution in [0, 0.1) is 0 Å². The standard InChI is InChI=1S/C16H26O.Ca.2H/c1-2-3-4-5-6-7-8-9-12-15-13-10-11-14-16(15)17;;;/h10-11,13-14,17H,2-9,12H2,1H3;;;. The molecule has 1 nitrogen and oxygen atoms in total. The number of unbranched alkanes of at least 4 members (excludes halogenated alkanes) is 7. The first kappa shape index (κ1) is 18.3. The fourth-order valence-corrected chi connectivity index (χ4v) is 2.17. The van der Waals surface area contributed by atoms with Gasteiger partial charge in [0.15, 0.2) is 0 Å². The SMILES string of the molecule is CCCCCCCCCCc1ccccc1O.[CaH2]. The van der Waals surface area contributed by atoms with Crippen molar-refractivity contribution in [3.63, 3.8) is 0 Å². The van der Waals surface area contributed by atoms with Gasteiger partial charge in [0.2, 0.25) is 0 Å². The molecule has 1 N–H and O–H groups in total. The van der Waals surface area contributed by atoms with Gasteiger partial charge in [-0.15, -0.1) is 0 Å². The number of rotatable bonds is 9. The molecule has 1 aromatic rings. The van der Waals surface area contributed by atoms with Crippen molar-refractivity contribution in [2.45, 2.75) is 64.7 Å². The number of aromatic hydroxyl groups is 1. The van der Waals surface area contributed by atoms with Crippen LogP contribution in [0.5, 0.6) is 5.75 Å². The average molecular weight is 276 g/mol. The Kier molecular flexibility index (Phi) is 12.5. The normalized spacial score (nSPS) is 10.1. The Balaban J connectivity index is 0.00000289. The summed E-state index contributed by atoms with van der Waals surface area (Å²) < 4.78 is 0. The molecule has 0 saturated heterocycles. The first-order valence-corrected chi connectivity index (χ1v) is 7.11. The zero-order valence-corrected chi connectivity index (χ0v) is 11.1. The van der Waals surface area contributed by atoms with Crippen LogP contribution in [0.1, 0.15) is 63.9 Å². The fraction of sp³-hybridized carbons (Fsp3) is 0.625. The predicted octanol–water partition coefficient (Wildman–Crippen LogP) is 4.16. The molecule has 0 aromatic heterocycles. The molecule has 0 atom stereocenters. The van der Waals surface area contributed by atoms with Crippen molar-refractivity contribution >= 4 is 37.7 Å². The van der Waals surface area contributed by atoms with E-state index < -0.39 is 0 Å². The van der Waals surface area contributed by atoms with E-state index in [0.29, 0.717) is 5.75 Å². The van der Waals surface area contributed by atoms with Crippen molar-refractivity contribution in [3.8, 4) is 5.75 Å². The Bertz CT molecular complexity index is 299. The van der Waals surface area contributed by atoms with E-state index in [9.17, 15) is 5.11 Å². The minimum absolute atomic E-state index is 0. The third-order valence-corrected chi connectivity index (χ3v) is 3.29. The Morgan fingerprint density at radius 3 is 2.00 bits per heavy atom. The van der Waals surface area contributed by atoms with Gasteiger partial charge in [-0.25, -0.2) is 0 Å². The second-order valence-corrected chi connectivity index (χ2v) is 4.85. The number of hydrogen-bond donors (Lipinski definition) is 1. The summed E-state index contributed by atoms with van der Waals surface area (Å²) in [7, 11) is 0. The van der Waals surface area contributed by atoms with Crippen molar-refractivity contribution < 1.29 is 5.11 Å². The summed E-state index contributed by atoms with van der Waals surface area (Å²) >= 11 is 0. The zero-order chi connectivity index (χ0) is 12.3. The topological polar surface area (TPSA) is 20.2 Å². The molecule has 0 fully saturated rings. The summed E-state index contributed by atoms with van der Waals surface area (Å²) in [6.45, 7) is 2.26. The molecule has 0 aliphatic carbocycles. The molecule has 0 aliphatic heterocycles. The molecular formula is C16H28CaO. The Morgan fingerprint density at radius 1 is 0.833 bits per heavy atom. The number of phenols is 1. The molecule has 18 heavy (non-hydrogen) atoms. The van der Waals surface area contributed by atoms with Gasteiger partial charge in [0, 0.05) is 0 Å². The van der Waals surface area contributed by atoms with E-state index in [-0.39, 0.29) is 37.7 Å². The van der Waals surface area contributed by atoms with E-state index >= 15 is 0 Å². The number of benzene rings is 1. The monoisotopic (exact) mass is 276 g/mol. The second kappa shape index (κ2) is 12.3. The molecule has 0 unspecified atom stereocenters. The predicted molar refractivity (Wildman–Crippen MR) is 83.0 cm³/mol. The zero-order valence-electron chi connectivity index (χ0n) is 11.1. The molecule has 0 amide bonds. The molecule has 1 aromatic carbocycles. The Labute approximate surface area is 142 Å². The van der Waals surface area contributed by atoms with Gasteiger partial charge >= 0.3 is 37.7 Å². The quantitative estimate of drug-likeness (QED) is 0.530. The van der Waals surface area contributed by atoms with Crippen LogP contribution in [0.2, 0.25) is 0 Å². The van der Waals surface area contributed by atoms with E-state index in [1.54, 1.807) is 6.07 Å². The van der Waals surface area contributed by atoms with Crippen molar-refractivity contribution in [2.24, 2.45) is 0 Å². The number of aryl methyl sites for hydroxylation is 1. The molecule has 0 spiro atoms. The van der Waals surface area contributed by atoms with Gasteiger partial charge in [0.05, 0.1) is 0 Å². The van der Waals surface area contributed by atoms with Crippen molar-refractivity contribution in [1.82, 2.24) is 0 Å². The first-order chi connectivity index (χ1) is 8.34. The van der Waals surface area contributed by atoms with Crippen LogP contribution in [-0.4, -0.2) is 42.8 Å². The average Bonchev–Trinajstić information content (AvgIpc) is 2.35. The summed E-state index contributed by atoms with van der Waals surface area (Å²) in [5.41, 5.74) is 1.10. The van der Waals surface area contributed by atoms with E-state index in [0.717, 1.165) is 12.0 Å². The van der Waals surface area contributed by atoms with Gasteiger partial charge in [-0.05, 0) is 24.5 Å². The maximum absolute atomic E-state index is 9.61. The molecule has 0 saturated carbocycles. The van der Waals surface area contributed by atoms with Crippen LogP contribution < -0.4 is 0 Å². The molecule has 2 heteroatoms. The Hall–Kier alpha value is 0.280. The van der Waals surface area contributed by atoms with Gasteiger partial charge in [-0.2, -0.15) is 0 Å². The molecule has 0 aliphatic rings. The van der Waals surface area contributed by atoms with Crippen LogP contribution in [0.4, 0.5) is 0 Å². The summed E-state index contributed by atoms with van der Waals surface area (Å²) in [6, 6.07) is 7.68. The maximum atomic E-state index is 9.61. The van der Waals surface area contributed by atoms with E-state index in [1.807, 2.05) is 18.2 Å². The number of phenolic OH excluding ortho intramolecular Hbond substituents is 1. The van der Waals surface area contributed by atoms with Crippen molar-refractivity contribution in [3.05, 3.63) is 29.8 Å². The Morgan fingerprint density at radius 2 is 1.39 bits per heavy atom. The van der Waals surface area contributed by atoms with Gasteiger partial charge in [0.1, 0.15) is 5.75 Å². The van der Waals surface area contributed by atoms with Crippen molar-refractivity contribution in [1.29, 1.82) is 0 Å². The summed E-state index contributed by atoms with van der Waals surface area (Å²) in [5.74, 6) is 0.454. The summed E-state index contributed by atoms with van der Waals surface area (Å²) in [4.78, 5) is 0. The fourth-order valence-electron chi connectivity index (χ4n) is 2.17. The number of para-hydroxylation sites is 1. The van der Waals surface area contributed by atoms with Crippen LogP contribution >= 0.6 is 0 Å². The summed E-state index contributed by atoms with van der Waals surface area (Å²) in [6.07, 6.45) is 11.7. The molecule has 0 radical (unpaired) electrons. The van der Waals surface area contributed by atoms with Gasteiger partial charge in [-0.3, -0.25) is 0 Å². The van der Waals surface area contributed by atoms with E-state index in [2.05, 4.69) is 6.92 Å². The van der Waals surface area contributed by atoms with Crippen LogP contribution in [0.3, 0.4) is 0 Å². The second-order valence-electron chi connectivity index (χ2n) is 4.85. The van der Waals surface area contributed by atoms with Crippen LogP contribution in [0.15, 0.2) is 24.3 Å². The summed E-state index contributed by atoms with van der Waals surface area (Å²) in [5, 5.41) is 9.61. The minimum atomic E-state index is 0. The van der Waals surface area contributed by atoms with Gasteiger partial charge in [0.25, 0.3) is 0 Å². The van der Waals surface area contributed by atoms with E-state index in [1.165, 1.54) is 51.4 Å². The molecule has 0 heterocycles. The molecule has 1 rings (SSSR count). The molecule has 100 valence electrons. The van der Waals surface area contributed by atoms with Crippen molar-refractivity contribution in [2.75, 3.05) is 0 Å². The first-order valence-electron chi connectivity index (χ1n) is 7.11. The van der Waals surface area contributed by atoms with Crippen LogP contribution in [-0.2, 0) is 6.42 Å². The third kappa shape index (κ3) is 8.39. The third-order valence-electron chi connectivity index (χ3n) is 3.29. The van der Waals surface area contributed by atoms with Gasteiger partial charge < -0.3 is 5.11 Å². The van der Waals surface area contributed by atoms with E-state index in [4.69, 9.17) is 0 Å². The van der Waals surface area contributed by atoms with Gasteiger partial charge in [-0.1, -0.05) is 70.1 Å². The number of hydrogen-bond acceptors (Lipinski definition) is 1.